The Labute approximate surface area is 64.7 Å². The van der Waals surface area contributed by atoms with E-state index in [4.69, 9.17) is 0 Å². The van der Waals surface area contributed by atoms with Gasteiger partial charge in [0, 0.05) is 12.6 Å². The van der Waals surface area contributed by atoms with E-state index < -0.39 is 0 Å². The lowest BCUT2D eigenvalue weighted by atomic mass is 10.4. The van der Waals surface area contributed by atoms with Crippen molar-refractivity contribution >= 4 is 12.1 Å². The van der Waals surface area contributed by atoms with Crippen LogP contribution in [-0.4, -0.2) is 22.8 Å². The van der Waals surface area contributed by atoms with E-state index in [1.807, 2.05) is 6.92 Å². The Balaban J connectivity index is 2.82. The zero-order valence-electron chi connectivity index (χ0n) is 6.24. The van der Waals surface area contributed by atoms with Gasteiger partial charge in [0.05, 0.1) is 0 Å². The largest absolute Gasteiger partial charge is 0.370 e. The Morgan fingerprint density at radius 2 is 2.45 bits per heavy atom. The van der Waals surface area contributed by atoms with Gasteiger partial charge in [0.25, 0.3) is 0 Å². The van der Waals surface area contributed by atoms with Gasteiger partial charge in [-0.15, -0.1) is 0 Å². The van der Waals surface area contributed by atoms with E-state index in [9.17, 15) is 4.79 Å². The van der Waals surface area contributed by atoms with Crippen molar-refractivity contribution in [3.05, 3.63) is 18.1 Å². The summed E-state index contributed by atoms with van der Waals surface area (Å²) in [5.74, 6) is 0.685. The zero-order valence-corrected chi connectivity index (χ0v) is 6.24. The van der Waals surface area contributed by atoms with E-state index in [1.54, 1.807) is 6.07 Å². The van der Waals surface area contributed by atoms with Crippen molar-refractivity contribution in [2.75, 3.05) is 11.9 Å². The molecule has 0 aromatic carbocycles. The van der Waals surface area contributed by atoms with Gasteiger partial charge >= 0.3 is 0 Å². The first-order valence-corrected chi connectivity index (χ1v) is 3.38. The van der Waals surface area contributed by atoms with Gasteiger partial charge in [0.1, 0.15) is 17.8 Å². The average Bonchev–Trinajstić information content (AvgIpc) is 2.06. The molecule has 0 saturated heterocycles. The third-order valence-corrected chi connectivity index (χ3v) is 1.17. The van der Waals surface area contributed by atoms with E-state index >= 15 is 0 Å². The molecule has 1 rings (SSSR count). The van der Waals surface area contributed by atoms with E-state index in [-0.39, 0.29) is 0 Å². The van der Waals surface area contributed by atoms with Gasteiger partial charge in [-0.1, -0.05) is 0 Å². The molecule has 4 nitrogen and oxygen atoms in total. The van der Waals surface area contributed by atoms with Crippen LogP contribution >= 0.6 is 0 Å². The molecule has 0 aliphatic rings. The molecule has 1 N–H and O–H groups in total. The van der Waals surface area contributed by atoms with E-state index in [0.29, 0.717) is 17.8 Å². The van der Waals surface area contributed by atoms with Crippen LogP contribution in [0.2, 0.25) is 0 Å². The molecule has 1 heterocycles. The third kappa shape index (κ3) is 2.00. The molecule has 0 aliphatic heterocycles. The lowest BCUT2D eigenvalue weighted by molar-refractivity contribution is 0.111. The highest BCUT2D eigenvalue weighted by molar-refractivity contribution is 5.72. The van der Waals surface area contributed by atoms with Crippen molar-refractivity contribution in [2.45, 2.75) is 6.92 Å². The number of rotatable bonds is 3. The quantitative estimate of drug-likeness (QED) is 0.647. The highest BCUT2D eigenvalue weighted by Crippen LogP contribution is 2.00. The fourth-order valence-corrected chi connectivity index (χ4v) is 0.715. The van der Waals surface area contributed by atoms with Gasteiger partial charge in [-0.2, -0.15) is 0 Å². The molecule has 0 bridgehead atoms. The van der Waals surface area contributed by atoms with Crippen molar-refractivity contribution in [1.29, 1.82) is 0 Å². The molecule has 0 amide bonds. The molecule has 0 spiro atoms. The van der Waals surface area contributed by atoms with Gasteiger partial charge in [0.15, 0.2) is 6.29 Å². The number of hydrogen-bond donors (Lipinski definition) is 1. The molecular weight excluding hydrogens is 142 g/mol. The number of carbonyl (C=O) groups is 1. The first-order chi connectivity index (χ1) is 5.36. The van der Waals surface area contributed by atoms with Gasteiger partial charge < -0.3 is 5.32 Å². The number of hydrogen-bond acceptors (Lipinski definition) is 4. The van der Waals surface area contributed by atoms with E-state index in [1.165, 1.54) is 6.33 Å². The van der Waals surface area contributed by atoms with Crippen LogP contribution < -0.4 is 5.32 Å². The highest BCUT2D eigenvalue weighted by atomic mass is 16.1. The van der Waals surface area contributed by atoms with Crippen molar-refractivity contribution < 1.29 is 4.79 Å². The summed E-state index contributed by atoms with van der Waals surface area (Å²) < 4.78 is 0. The zero-order chi connectivity index (χ0) is 8.10. The second-order valence-electron chi connectivity index (χ2n) is 1.98. The Hall–Kier alpha value is -1.45. The number of nitrogens with one attached hydrogen (secondary N) is 1. The van der Waals surface area contributed by atoms with Crippen LogP contribution in [0.4, 0.5) is 5.82 Å². The van der Waals surface area contributed by atoms with Gasteiger partial charge in [-0.25, -0.2) is 9.97 Å². The fraction of sp³-hybridized carbons (Fsp3) is 0.286. The summed E-state index contributed by atoms with van der Waals surface area (Å²) in [6, 6.07) is 1.61. The van der Waals surface area contributed by atoms with E-state index in [2.05, 4.69) is 15.3 Å². The predicted octanol–water partition coefficient (Wildman–Crippen LogP) is 0.721. The third-order valence-electron chi connectivity index (χ3n) is 1.17. The average molecular weight is 151 g/mol. The molecule has 58 valence electrons. The summed E-state index contributed by atoms with van der Waals surface area (Å²) in [4.78, 5) is 17.9. The highest BCUT2D eigenvalue weighted by Gasteiger charge is 1.93. The predicted molar refractivity (Wildman–Crippen MR) is 41.6 cm³/mol. The van der Waals surface area contributed by atoms with Crippen molar-refractivity contribution in [2.24, 2.45) is 0 Å². The molecule has 0 unspecified atom stereocenters. The Bertz CT molecular complexity index is 249. The second-order valence-corrected chi connectivity index (χ2v) is 1.98. The van der Waals surface area contributed by atoms with Crippen molar-refractivity contribution in [3.63, 3.8) is 0 Å². The topological polar surface area (TPSA) is 54.9 Å². The molecular formula is C7H9N3O. The number of carbonyl (C=O) groups excluding carboxylic acids is 1. The van der Waals surface area contributed by atoms with Crippen LogP contribution in [0.15, 0.2) is 12.4 Å². The summed E-state index contributed by atoms with van der Waals surface area (Å²) in [5, 5.41) is 2.97. The molecule has 0 saturated carbocycles. The molecule has 4 heteroatoms. The Kier molecular flexibility index (Phi) is 2.54. The van der Waals surface area contributed by atoms with Crippen LogP contribution in [0.3, 0.4) is 0 Å². The summed E-state index contributed by atoms with van der Waals surface area (Å²) in [5.41, 5.74) is 0.399. The van der Waals surface area contributed by atoms with Gasteiger partial charge in [0.2, 0.25) is 0 Å². The Morgan fingerprint density at radius 3 is 3.09 bits per heavy atom. The van der Waals surface area contributed by atoms with E-state index in [0.717, 1.165) is 6.54 Å². The van der Waals surface area contributed by atoms with Crippen molar-refractivity contribution in [3.8, 4) is 0 Å². The van der Waals surface area contributed by atoms with Crippen LogP contribution in [0.25, 0.3) is 0 Å². The summed E-state index contributed by atoms with van der Waals surface area (Å²) in [6.07, 6.45) is 2.06. The first-order valence-electron chi connectivity index (χ1n) is 3.38. The number of nitrogens with zero attached hydrogens (tertiary/aromatic N) is 2. The van der Waals surface area contributed by atoms with Crippen molar-refractivity contribution in [1.82, 2.24) is 9.97 Å². The number of aromatic nitrogens is 2. The van der Waals surface area contributed by atoms with Crippen LogP contribution in [0.5, 0.6) is 0 Å². The molecule has 11 heavy (non-hydrogen) atoms. The minimum absolute atomic E-state index is 0.399. The number of anilines is 1. The maximum atomic E-state index is 10.2. The minimum Gasteiger partial charge on any atom is -0.370 e. The molecule has 1 aromatic heterocycles. The van der Waals surface area contributed by atoms with Crippen LogP contribution in [0, 0.1) is 0 Å². The lowest BCUT2D eigenvalue weighted by Gasteiger charge is -1.99. The lowest BCUT2D eigenvalue weighted by Crippen LogP contribution is -2.00. The summed E-state index contributed by atoms with van der Waals surface area (Å²) in [7, 11) is 0. The first kappa shape index (κ1) is 7.65. The fourth-order valence-electron chi connectivity index (χ4n) is 0.715. The number of aldehydes is 1. The maximum Gasteiger partial charge on any atom is 0.168 e. The standard InChI is InChI=1S/C7H9N3O/c1-2-8-7-3-6(4-11)9-5-10-7/h3-5H,2H2,1H3,(H,8,9,10). The maximum absolute atomic E-state index is 10.2. The summed E-state index contributed by atoms with van der Waals surface area (Å²) >= 11 is 0. The van der Waals surface area contributed by atoms with Gasteiger partial charge in [-0.05, 0) is 6.92 Å². The molecule has 0 aliphatic carbocycles. The second kappa shape index (κ2) is 3.65. The summed E-state index contributed by atoms with van der Waals surface area (Å²) in [6.45, 7) is 2.75. The van der Waals surface area contributed by atoms with Crippen LogP contribution in [0.1, 0.15) is 17.4 Å². The SMILES string of the molecule is CCNc1cc(C=O)ncn1. The monoisotopic (exact) mass is 151 g/mol. The smallest absolute Gasteiger partial charge is 0.168 e. The molecule has 0 atom stereocenters. The van der Waals surface area contributed by atoms with Crippen LogP contribution in [-0.2, 0) is 0 Å². The molecule has 1 aromatic rings. The molecule has 0 fully saturated rings. The minimum atomic E-state index is 0.399. The normalized spacial score (nSPS) is 9.18. The molecule has 0 radical (unpaired) electrons. The van der Waals surface area contributed by atoms with Gasteiger partial charge in [-0.3, -0.25) is 4.79 Å². The Morgan fingerprint density at radius 1 is 1.64 bits per heavy atom.